The lowest BCUT2D eigenvalue weighted by atomic mass is 10.2. The number of thiophene rings is 2. The molecule has 2 amide bonds. The Labute approximate surface area is 161 Å². The first-order valence-electron chi connectivity index (χ1n) is 9.03. The van der Waals surface area contributed by atoms with Crippen molar-refractivity contribution in [2.24, 2.45) is 0 Å². The maximum Gasteiger partial charge on any atom is 0.320 e. The fourth-order valence-corrected chi connectivity index (χ4v) is 5.80. The molecule has 3 aromatic rings. The molecular weight excluding hydrogens is 362 g/mol. The van der Waals surface area contributed by atoms with Crippen LogP contribution >= 0.6 is 22.7 Å². The van der Waals surface area contributed by atoms with Crippen LogP contribution in [0.15, 0.2) is 47.2 Å². The van der Waals surface area contributed by atoms with Gasteiger partial charge in [-0.15, -0.1) is 11.3 Å². The standard InChI is InChI=1S/C20H21N3OS2/c24-20-22(13-18-9-16-3-1-2-4-19(16)26-18)12-17-11-21(6-7-23(17)20)10-15-5-8-25-14-15/h1-5,8-9,14,17H,6-7,10-13H2. The summed E-state index contributed by atoms with van der Waals surface area (Å²) < 4.78 is 1.30. The molecule has 2 aromatic heterocycles. The van der Waals surface area contributed by atoms with E-state index in [4.69, 9.17) is 0 Å². The molecule has 0 aliphatic carbocycles. The van der Waals surface area contributed by atoms with Crippen LogP contribution in [0.3, 0.4) is 0 Å². The first-order chi connectivity index (χ1) is 12.8. The minimum Gasteiger partial charge on any atom is -0.317 e. The van der Waals surface area contributed by atoms with E-state index >= 15 is 0 Å². The van der Waals surface area contributed by atoms with Crippen molar-refractivity contribution in [3.63, 3.8) is 0 Å². The highest BCUT2D eigenvalue weighted by atomic mass is 32.1. The topological polar surface area (TPSA) is 26.8 Å². The van der Waals surface area contributed by atoms with Gasteiger partial charge in [0.05, 0.1) is 12.6 Å². The van der Waals surface area contributed by atoms with E-state index in [1.165, 1.54) is 20.5 Å². The maximum absolute atomic E-state index is 12.8. The lowest BCUT2D eigenvalue weighted by molar-refractivity contribution is 0.116. The van der Waals surface area contributed by atoms with E-state index < -0.39 is 0 Å². The van der Waals surface area contributed by atoms with E-state index in [0.717, 1.165) is 39.3 Å². The Morgan fingerprint density at radius 3 is 2.85 bits per heavy atom. The minimum atomic E-state index is 0.211. The fourth-order valence-electron chi connectivity index (χ4n) is 4.06. The second-order valence-corrected chi connectivity index (χ2v) is 9.08. The molecule has 0 saturated carbocycles. The molecular formula is C20H21N3OS2. The van der Waals surface area contributed by atoms with Crippen LogP contribution in [0.1, 0.15) is 10.4 Å². The average Bonchev–Trinajstić information content (AvgIpc) is 3.35. The molecule has 1 unspecified atom stereocenters. The van der Waals surface area contributed by atoms with Gasteiger partial charge in [0.25, 0.3) is 0 Å². The van der Waals surface area contributed by atoms with Gasteiger partial charge in [-0.25, -0.2) is 4.79 Å². The number of amides is 2. The Bertz CT molecular complexity index is 887. The van der Waals surface area contributed by atoms with Crippen molar-refractivity contribution >= 4 is 38.8 Å². The summed E-state index contributed by atoms with van der Waals surface area (Å²) in [6.45, 7) is 5.36. The zero-order valence-corrected chi connectivity index (χ0v) is 16.1. The maximum atomic E-state index is 12.8. The number of hydrogen-bond donors (Lipinski definition) is 0. The number of urea groups is 1. The number of carbonyl (C=O) groups is 1. The zero-order chi connectivity index (χ0) is 17.5. The predicted molar refractivity (Wildman–Crippen MR) is 108 cm³/mol. The molecule has 0 spiro atoms. The molecule has 26 heavy (non-hydrogen) atoms. The Morgan fingerprint density at radius 1 is 1.08 bits per heavy atom. The number of nitrogens with zero attached hydrogens (tertiary/aromatic N) is 3. The van der Waals surface area contributed by atoms with Gasteiger partial charge >= 0.3 is 6.03 Å². The molecule has 0 radical (unpaired) electrons. The normalized spacial score (nSPS) is 20.9. The van der Waals surface area contributed by atoms with Gasteiger partial charge in [-0.3, -0.25) is 4.90 Å². The van der Waals surface area contributed by atoms with Crippen LogP contribution in [0.5, 0.6) is 0 Å². The summed E-state index contributed by atoms with van der Waals surface area (Å²) >= 11 is 3.55. The first-order valence-corrected chi connectivity index (χ1v) is 10.8. The smallest absolute Gasteiger partial charge is 0.317 e. The van der Waals surface area contributed by atoms with E-state index in [2.05, 4.69) is 57.0 Å². The zero-order valence-electron chi connectivity index (χ0n) is 14.5. The molecule has 0 bridgehead atoms. The van der Waals surface area contributed by atoms with Crippen LogP contribution in [0.4, 0.5) is 4.79 Å². The Hall–Kier alpha value is -1.89. The summed E-state index contributed by atoms with van der Waals surface area (Å²) in [5.74, 6) is 0. The number of carbonyl (C=O) groups excluding carboxylic acids is 1. The Kier molecular flexibility index (Phi) is 4.19. The van der Waals surface area contributed by atoms with Crippen molar-refractivity contribution in [3.05, 3.63) is 57.6 Å². The van der Waals surface area contributed by atoms with E-state index in [1.807, 2.05) is 4.90 Å². The van der Waals surface area contributed by atoms with Crippen molar-refractivity contribution in [1.82, 2.24) is 14.7 Å². The highest BCUT2D eigenvalue weighted by molar-refractivity contribution is 7.19. The number of piperazine rings is 1. The van der Waals surface area contributed by atoms with Gasteiger partial charge in [0.2, 0.25) is 0 Å². The van der Waals surface area contributed by atoms with Crippen LogP contribution in [0.2, 0.25) is 0 Å². The summed E-state index contributed by atoms with van der Waals surface area (Å²) in [5, 5.41) is 5.64. The van der Waals surface area contributed by atoms with Gasteiger partial charge < -0.3 is 9.80 Å². The molecule has 0 N–H and O–H groups in total. The van der Waals surface area contributed by atoms with E-state index in [-0.39, 0.29) is 6.03 Å². The van der Waals surface area contributed by atoms with E-state index in [1.54, 1.807) is 22.7 Å². The fraction of sp³-hybridized carbons (Fsp3) is 0.350. The molecule has 5 rings (SSSR count). The summed E-state index contributed by atoms with van der Waals surface area (Å²) in [6, 6.07) is 13.4. The summed E-state index contributed by atoms with van der Waals surface area (Å²) in [6.07, 6.45) is 0. The molecule has 2 saturated heterocycles. The molecule has 2 aliphatic heterocycles. The SMILES string of the molecule is O=C1N(Cc2cc3ccccc3s2)CC2CN(Cc3ccsc3)CCN12. The highest BCUT2D eigenvalue weighted by Crippen LogP contribution is 2.29. The van der Waals surface area contributed by atoms with E-state index in [9.17, 15) is 4.79 Å². The van der Waals surface area contributed by atoms with Crippen molar-refractivity contribution in [1.29, 1.82) is 0 Å². The molecule has 4 nitrogen and oxygen atoms in total. The van der Waals surface area contributed by atoms with Crippen molar-refractivity contribution in [2.75, 3.05) is 26.2 Å². The summed E-state index contributed by atoms with van der Waals surface area (Å²) in [7, 11) is 0. The van der Waals surface area contributed by atoms with Gasteiger partial charge in [-0.2, -0.15) is 11.3 Å². The predicted octanol–water partition coefficient (Wildman–Crippen LogP) is 4.08. The largest absolute Gasteiger partial charge is 0.320 e. The minimum absolute atomic E-state index is 0.211. The Balaban J connectivity index is 1.27. The van der Waals surface area contributed by atoms with Gasteiger partial charge in [0.1, 0.15) is 0 Å². The highest BCUT2D eigenvalue weighted by Gasteiger charge is 2.40. The Morgan fingerprint density at radius 2 is 2.00 bits per heavy atom. The summed E-state index contributed by atoms with van der Waals surface area (Å²) in [5.41, 5.74) is 1.38. The molecule has 1 atom stereocenters. The molecule has 134 valence electrons. The lowest BCUT2D eigenvalue weighted by Gasteiger charge is -2.36. The molecule has 2 aliphatic rings. The molecule has 1 aromatic carbocycles. The average molecular weight is 384 g/mol. The van der Waals surface area contributed by atoms with Gasteiger partial charge in [0.15, 0.2) is 0 Å². The molecule has 6 heteroatoms. The van der Waals surface area contributed by atoms with E-state index in [0.29, 0.717) is 6.04 Å². The quantitative estimate of drug-likeness (QED) is 0.679. The van der Waals surface area contributed by atoms with Crippen LogP contribution in [-0.2, 0) is 13.1 Å². The third-order valence-corrected chi connectivity index (χ3v) is 7.16. The van der Waals surface area contributed by atoms with Crippen molar-refractivity contribution < 1.29 is 4.79 Å². The monoisotopic (exact) mass is 383 g/mol. The van der Waals surface area contributed by atoms with Crippen LogP contribution < -0.4 is 0 Å². The van der Waals surface area contributed by atoms with Gasteiger partial charge in [0, 0.05) is 42.3 Å². The number of fused-ring (bicyclic) bond motifs is 2. The van der Waals surface area contributed by atoms with Crippen molar-refractivity contribution in [3.8, 4) is 0 Å². The number of hydrogen-bond acceptors (Lipinski definition) is 4. The lowest BCUT2D eigenvalue weighted by Crippen LogP contribution is -2.51. The first kappa shape index (κ1) is 16.3. The molecule has 2 fully saturated rings. The van der Waals surface area contributed by atoms with Crippen LogP contribution in [-0.4, -0.2) is 53.0 Å². The number of rotatable bonds is 4. The van der Waals surface area contributed by atoms with Gasteiger partial charge in [-0.05, 0) is 39.9 Å². The third kappa shape index (κ3) is 3.02. The van der Waals surface area contributed by atoms with Gasteiger partial charge in [-0.1, -0.05) is 18.2 Å². The summed E-state index contributed by atoms with van der Waals surface area (Å²) in [4.78, 5) is 20.7. The van der Waals surface area contributed by atoms with Crippen molar-refractivity contribution in [2.45, 2.75) is 19.1 Å². The second-order valence-electron chi connectivity index (χ2n) is 7.13. The van der Waals surface area contributed by atoms with Crippen LogP contribution in [0.25, 0.3) is 10.1 Å². The second kappa shape index (κ2) is 6.68. The third-order valence-electron chi connectivity index (χ3n) is 5.32. The molecule has 4 heterocycles. The number of benzene rings is 1. The van der Waals surface area contributed by atoms with Crippen LogP contribution in [0, 0.1) is 0 Å².